The molecule has 6 heteroatoms. The number of hydrogen-bond acceptors (Lipinski definition) is 4. The molecule has 2 aromatic carbocycles. The highest BCUT2D eigenvalue weighted by atomic mass is 16.5. The van der Waals surface area contributed by atoms with Crippen molar-refractivity contribution in [3.8, 4) is 5.75 Å². The molecule has 6 nitrogen and oxygen atoms in total. The van der Waals surface area contributed by atoms with Gasteiger partial charge in [0.1, 0.15) is 5.75 Å². The first kappa shape index (κ1) is 18.5. The Balaban J connectivity index is 1.92. The van der Waals surface area contributed by atoms with Crippen molar-refractivity contribution < 1.29 is 14.3 Å². The van der Waals surface area contributed by atoms with Gasteiger partial charge < -0.3 is 21.1 Å². The lowest BCUT2D eigenvalue weighted by atomic mass is 10.1. The first-order chi connectivity index (χ1) is 12.1. The summed E-state index contributed by atoms with van der Waals surface area (Å²) in [5.41, 5.74) is 7.60. The molecule has 0 heterocycles. The molecule has 0 saturated carbocycles. The minimum absolute atomic E-state index is 0.0872. The first-order valence-corrected chi connectivity index (χ1v) is 8.17. The van der Waals surface area contributed by atoms with Crippen LogP contribution in [0.2, 0.25) is 0 Å². The second-order valence-electron chi connectivity index (χ2n) is 5.62. The summed E-state index contributed by atoms with van der Waals surface area (Å²) in [4.78, 5) is 23.9. The molecule has 0 aliphatic rings. The Morgan fingerprint density at radius 2 is 1.80 bits per heavy atom. The van der Waals surface area contributed by atoms with Crippen molar-refractivity contribution in [2.45, 2.75) is 19.8 Å². The number of anilines is 2. The van der Waals surface area contributed by atoms with Gasteiger partial charge in [0, 0.05) is 17.8 Å². The molecule has 0 bridgehead atoms. The van der Waals surface area contributed by atoms with Gasteiger partial charge >= 0.3 is 0 Å². The molecule has 0 saturated heterocycles. The lowest BCUT2D eigenvalue weighted by Crippen LogP contribution is -2.20. The van der Waals surface area contributed by atoms with Crippen molar-refractivity contribution in [2.75, 3.05) is 23.8 Å². The molecule has 2 rings (SSSR count). The van der Waals surface area contributed by atoms with E-state index in [4.69, 9.17) is 10.5 Å². The van der Waals surface area contributed by atoms with E-state index in [0.29, 0.717) is 36.5 Å². The summed E-state index contributed by atoms with van der Waals surface area (Å²) >= 11 is 0. The number of amides is 2. The third-order valence-electron chi connectivity index (χ3n) is 3.52. The Labute approximate surface area is 147 Å². The van der Waals surface area contributed by atoms with Crippen LogP contribution < -0.4 is 21.1 Å². The average Bonchev–Trinajstić information content (AvgIpc) is 2.62. The van der Waals surface area contributed by atoms with Crippen molar-refractivity contribution in [1.29, 1.82) is 0 Å². The fraction of sp³-hybridized carbons (Fsp3) is 0.263. The molecule has 0 atom stereocenters. The van der Waals surface area contributed by atoms with Gasteiger partial charge in [0.15, 0.2) is 6.61 Å². The van der Waals surface area contributed by atoms with Crippen LogP contribution in [0.4, 0.5) is 11.4 Å². The molecule has 25 heavy (non-hydrogen) atoms. The maximum Gasteiger partial charge on any atom is 0.262 e. The zero-order valence-electron chi connectivity index (χ0n) is 14.2. The van der Waals surface area contributed by atoms with Crippen LogP contribution in [0.5, 0.6) is 5.75 Å². The van der Waals surface area contributed by atoms with Gasteiger partial charge in [-0.25, -0.2) is 0 Å². The molecular weight excluding hydrogens is 318 g/mol. The Bertz CT molecular complexity index is 717. The predicted molar refractivity (Wildman–Crippen MR) is 98.7 cm³/mol. The average molecular weight is 341 g/mol. The third-order valence-corrected chi connectivity index (χ3v) is 3.52. The van der Waals surface area contributed by atoms with E-state index >= 15 is 0 Å². The van der Waals surface area contributed by atoms with E-state index in [1.165, 1.54) is 0 Å². The van der Waals surface area contributed by atoms with Gasteiger partial charge in [-0.05, 0) is 49.7 Å². The molecule has 0 fully saturated rings. The molecule has 0 spiro atoms. The summed E-state index contributed by atoms with van der Waals surface area (Å²) in [6, 6.07) is 14.5. The van der Waals surface area contributed by atoms with Crippen molar-refractivity contribution in [2.24, 2.45) is 5.73 Å². The second-order valence-corrected chi connectivity index (χ2v) is 5.62. The minimum atomic E-state index is -0.270. The van der Waals surface area contributed by atoms with Crippen molar-refractivity contribution in [3.63, 3.8) is 0 Å². The van der Waals surface area contributed by atoms with E-state index in [9.17, 15) is 9.59 Å². The molecular formula is C19H23N3O3. The van der Waals surface area contributed by atoms with Gasteiger partial charge in [0.25, 0.3) is 5.91 Å². The fourth-order valence-corrected chi connectivity index (χ4v) is 2.17. The minimum Gasteiger partial charge on any atom is -0.484 e. The molecule has 2 amide bonds. The van der Waals surface area contributed by atoms with E-state index in [-0.39, 0.29) is 18.4 Å². The fourth-order valence-electron chi connectivity index (χ4n) is 2.17. The van der Waals surface area contributed by atoms with Gasteiger partial charge in [0.2, 0.25) is 5.91 Å². The van der Waals surface area contributed by atoms with Crippen LogP contribution in [0.3, 0.4) is 0 Å². The molecule has 2 aromatic rings. The number of nitrogens with two attached hydrogens (primary N) is 1. The summed E-state index contributed by atoms with van der Waals surface area (Å²) in [7, 11) is 0. The monoisotopic (exact) mass is 341 g/mol. The van der Waals surface area contributed by atoms with E-state index in [2.05, 4.69) is 10.6 Å². The summed E-state index contributed by atoms with van der Waals surface area (Å²) < 4.78 is 5.41. The molecule has 0 aromatic heterocycles. The highest BCUT2D eigenvalue weighted by Crippen LogP contribution is 2.20. The highest BCUT2D eigenvalue weighted by Gasteiger charge is 2.08. The largest absolute Gasteiger partial charge is 0.484 e. The highest BCUT2D eigenvalue weighted by molar-refractivity contribution is 5.95. The lowest BCUT2D eigenvalue weighted by molar-refractivity contribution is -0.118. The van der Waals surface area contributed by atoms with Crippen LogP contribution in [0.25, 0.3) is 0 Å². The zero-order valence-corrected chi connectivity index (χ0v) is 14.2. The van der Waals surface area contributed by atoms with Crippen molar-refractivity contribution in [1.82, 2.24) is 0 Å². The molecule has 0 radical (unpaired) electrons. The second kappa shape index (κ2) is 9.44. The normalized spacial score (nSPS) is 10.2. The molecule has 0 unspecified atom stereocenters. The molecule has 132 valence electrons. The van der Waals surface area contributed by atoms with Gasteiger partial charge in [-0.2, -0.15) is 0 Å². The van der Waals surface area contributed by atoms with Crippen LogP contribution in [-0.2, 0) is 9.59 Å². The zero-order chi connectivity index (χ0) is 18.1. The number of aryl methyl sites for hydroxylation is 1. The number of rotatable bonds is 8. The Kier molecular flexibility index (Phi) is 6.98. The van der Waals surface area contributed by atoms with Crippen LogP contribution in [0.1, 0.15) is 18.4 Å². The number of hydrogen-bond donors (Lipinski definition) is 3. The maximum atomic E-state index is 12.0. The van der Waals surface area contributed by atoms with Crippen LogP contribution >= 0.6 is 0 Å². The molecule has 4 N–H and O–H groups in total. The first-order valence-electron chi connectivity index (χ1n) is 8.17. The van der Waals surface area contributed by atoms with Gasteiger partial charge in [0.05, 0.1) is 0 Å². The summed E-state index contributed by atoms with van der Waals surface area (Å²) in [6.07, 6.45) is 1.01. The quantitative estimate of drug-likeness (QED) is 0.688. The number of carbonyl (C=O) groups is 2. The van der Waals surface area contributed by atoms with Gasteiger partial charge in [-0.3, -0.25) is 9.59 Å². The summed E-state index contributed by atoms with van der Waals surface area (Å²) in [6.45, 7) is 2.28. The van der Waals surface area contributed by atoms with Crippen LogP contribution in [0, 0.1) is 6.92 Å². The Morgan fingerprint density at radius 1 is 1.04 bits per heavy atom. The number of carbonyl (C=O) groups excluding carboxylic acids is 2. The standard InChI is InChI=1S/C19H23N3O3/c1-14-9-10-15(12-17(14)22-18(23)8-5-11-20)21-19(24)13-25-16-6-3-2-4-7-16/h2-4,6-7,9-10,12H,5,8,11,13,20H2,1H3,(H,21,24)(H,22,23). The van der Waals surface area contributed by atoms with E-state index in [1.807, 2.05) is 31.2 Å². The van der Waals surface area contributed by atoms with Gasteiger partial charge in [-0.1, -0.05) is 24.3 Å². The van der Waals surface area contributed by atoms with Crippen molar-refractivity contribution >= 4 is 23.2 Å². The number of benzene rings is 2. The van der Waals surface area contributed by atoms with Crippen LogP contribution in [-0.4, -0.2) is 25.0 Å². The number of ether oxygens (including phenoxy) is 1. The SMILES string of the molecule is Cc1ccc(NC(=O)COc2ccccc2)cc1NC(=O)CCCN. The van der Waals surface area contributed by atoms with Gasteiger partial charge in [-0.15, -0.1) is 0 Å². The van der Waals surface area contributed by atoms with E-state index < -0.39 is 0 Å². The molecule has 0 aliphatic carbocycles. The number of nitrogens with one attached hydrogen (secondary N) is 2. The third kappa shape index (κ3) is 6.27. The topological polar surface area (TPSA) is 93.5 Å². The van der Waals surface area contributed by atoms with Crippen molar-refractivity contribution in [3.05, 3.63) is 54.1 Å². The Morgan fingerprint density at radius 3 is 2.52 bits per heavy atom. The van der Waals surface area contributed by atoms with Crippen LogP contribution in [0.15, 0.2) is 48.5 Å². The van der Waals surface area contributed by atoms with E-state index in [0.717, 1.165) is 5.56 Å². The maximum absolute atomic E-state index is 12.0. The summed E-state index contributed by atoms with van der Waals surface area (Å²) in [5.74, 6) is 0.270. The summed E-state index contributed by atoms with van der Waals surface area (Å²) in [5, 5.41) is 5.60. The Hall–Kier alpha value is -2.86. The smallest absolute Gasteiger partial charge is 0.262 e. The predicted octanol–water partition coefficient (Wildman–Crippen LogP) is 2.69. The van der Waals surface area contributed by atoms with E-state index in [1.54, 1.807) is 24.3 Å². The number of para-hydroxylation sites is 1. The lowest BCUT2D eigenvalue weighted by Gasteiger charge is -2.12. The molecule has 0 aliphatic heterocycles.